The molecule has 21 atom stereocenters. The fourth-order valence-corrected chi connectivity index (χ4v) is 12.0. The van der Waals surface area contributed by atoms with Crippen molar-refractivity contribution < 1.29 is 89.4 Å². The SMILES string of the molecule is C=C1C[C@@]23CC[C@@H]4[C@](C)(C(=O)O[C@@H]5OC(CO)[C@@H](O)C(O)C5O)CCC[C@@]4(C)C2CC[C@]1(OC1O[C@H](CO)C(O)C(O)[C@H]1O[C@@H]1OC(CO)[C@@H](O)C(O)C1O)C3. The molecular formula is C38H60O18. The molecule has 56 heavy (non-hydrogen) atoms. The van der Waals surface area contributed by atoms with Gasteiger partial charge in [0.05, 0.1) is 30.8 Å². The Kier molecular flexibility index (Phi) is 11.9. The monoisotopic (exact) mass is 804 g/mol. The highest BCUT2D eigenvalue weighted by Gasteiger charge is 2.69. The van der Waals surface area contributed by atoms with Crippen LogP contribution in [0.5, 0.6) is 0 Å². The predicted octanol–water partition coefficient (Wildman–Crippen LogP) is -2.94. The summed E-state index contributed by atoms with van der Waals surface area (Å²) in [6.07, 6.45) is -17.8. The molecule has 18 nitrogen and oxygen atoms in total. The Morgan fingerprint density at radius 1 is 0.679 bits per heavy atom. The second-order valence-electron chi connectivity index (χ2n) is 18.0. The molecule has 0 aromatic carbocycles. The lowest BCUT2D eigenvalue weighted by Crippen LogP contribution is -2.65. The summed E-state index contributed by atoms with van der Waals surface area (Å²) in [5, 5.41) is 114. The van der Waals surface area contributed by atoms with Crippen LogP contribution in [0.15, 0.2) is 12.2 Å². The second kappa shape index (κ2) is 15.6. The first-order valence-electron chi connectivity index (χ1n) is 19.9. The van der Waals surface area contributed by atoms with Crippen molar-refractivity contribution in [2.75, 3.05) is 19.8 Å². The topological polar surface area (TPSA) is 295 Å². The molecule has 0 radical (unpaired) electrons. The summed E-state index contributed by atoms with van der Waals surface area (Å²) in [4.78, 5) is 14.1. The van der Waals surface area contributed by atoms with E-state index in [1.165, 1.54) is 0 Å². The lowest BCUT2D eigenvalue weighted by Gasteiger charge is -2.64. The lowest BCUT2D eigenvalue weighted by atomic mass is 9.41. The number of aliphatic hydroxyl groups excluding tert-OH is 11. The Labute approximate surface area is 324 Å². The van der Waals surface area contributed by atoms with Crippen LogP contribution in [0, 0.1) is 28.1 Å². The molecule has 4 aliphatic carbocycles. The fourth-order valence-electron chi connectivity index (χ4n) is 12.0. The van der Waals surface area contributed by atoms with Gasteiger partial charge in [0.15, 0.2) is 12.6 Å². The van der Waals surface area contributed by atoms with Gasteiger partial charge in [-0.3, -0.25) is 4.79 Å². The van der Waals surface area contributed by atoms with Crippen LogP contribution in [0.2, 0.25) is 0 Å². The van der Waals surface area contributed by atoms with Crippen LogP contribution in [0.25, 0.3) is 0 Å². The third kappa shape index (κ3) is 6.69. The third-order valence-electron chi connectivity index (χ3n) is 15.0. The van der Waals surface area contributed by atoms with Crippen molar-refractivity contribution in [2.45, 2.75) is 169 Å². The molecule has 11 N–H and O–H groups in total. The van der Waals surface area contributed by atoms with E-state index in [2.05, 4.69) is 13.5 Å². The van der Waals surface area contributed by atoms with E-state index in [0.717, 1.165) is 18.4 Å². The first-order valence-corrected chi connectivity index (χ1v) is 19.9. The van der Waals surface area contributed by atoms with E-state index < -0.39 is 129 Å². The Bertz CT molecular complexity index is 1450. The average molecular weight is 805 g/mol. The Morgan fingerprint density at radius 2 is 1.21 bits per heavy atom. The minimum atomic E-state index is -1.81. The molecule has 3 saturated heterocycles. The zero-order chi connectivity index (χ0) is 40.7. The first-order chi connectivity index (χ1) is 26.4. The maximum Gasteiger partial charge on any atom is 0.314 e. The fraction of sp³-hybridized carbons (Fsp3) is 0.921. The summed E-state index contributed by atoms with van der Waals surface area (Å²) in [5.41, 5.74) is -1.80. The van der Waals surface area contributed by atoms with Crippen molar-refractivity contribution in [3.05, 3.63) is 12.2 Å². The van der Waals surface area contributed by atoms with Crippen LogP contribution in [0.1, 0.15) is 71.6 Å². The summed E-state index contributed by atoms with van der Waals surface area (Å²) in [7, 11) is 0. The molecule has 0 amide bonds. The van der Waals surface area contributed by atoms with Gasteiger partial charge in [-0.25, -0.2) is 0 Å². The van der Waals surface area contributed by atoms with E-state index in [1.54, 1.807) is 0 Å². The van der Waals surface area contributed by atoms with Gasteiger partial charge in [0.2, 0.25) is 6.29 Å². The molecule has 2 bridgehead atoms. The van der Waals surface area contributed by atoms with E-state index >= 15 is 0 Å². The van der Waals surface area contributed by atoms with Gasteiger partial charge >= 0.3 is 5.97 Å². The Balaban J connectivity index is 1.10. The molecule has 0 aromatic heterocycles. The van der Waals surface area contributed by atoms with Gasteiger partial charge in [-0.15, -0.1) is 0 Å². The molecule has 7 fully saturated rings. The lowest BCUT2D eigenvalue weighted by molar-refractivity contribution is -0.378. The smallest absolute Gasteiger partial charge is 0.314 e. The number of carbonyl (C=O) groups is 1. The van der Waals surface area contributed by atoms with Crippen molar-refractivity contribution in [1.29, 1.82) is 0 Å². The molecule has 320 valence electrons. The number of ether oxygens (including phenoxy) is 6. The van der Waals surface area contributed by atoms with Crippen LogP contribution in [0.3, 0.4) is 0 Å². The van der Waals surface area contributed by atoms with Crippen LogP contribution >= 0.6 is 0 Å². The standard InChI is InChI=1S/C38H60O18/c1-16-11-37-9-5-20-35(2,7-4-8-36(20,3)34(50)55-32-29(49)26(46)23(43)18(13-40)52-32)21(37)6-10-38(16,15-37)56-33-30(27(47)24(44)19(14-41)53-33)54-31-28(48)25(45)22(42)17(12-39)51-31/h17-33,39-49H,1,4-15H2,2-3H3/t17?,18?,19-,20+,21?,22-,23-,24?,25?,26?,27?,28?,29?,30-,31+,32+,33?,35-,36-,37-,38+/m1/s1. The summed E-state index contributed by atoms with van der Waals surface area (Å²) < 4.78 is 35.6. The summed E-state index contributed by atoms with van der Waals surface area (Å²) >= 11 is 0. The minimum absolute atomic E-state index is 0.121. The summed E-state index contributed by atoms with van der Waals surface area (Å²) in [5.74, 6) is -0.591. The second-order valence-corrected chi connectivity index (χ2v) is 18.0. The van der Waals surface area contributed by atoms with Crippen LogP contribution < -0.4 is 0 Å². The van der Waals surface area contributed by atoms with Crippen LogP contribution in [-0.2, 0) is 33.2 Å². The third-order valence-corrected chi connectivity index (χ3v) is 15.0. The molecule has 18 heteroatoms. The van der Waals surface area contributed by atoms with Gasteiger partial charge in [0.1, 0.15) is 73.2 Å². The van der Waals surface area contributed by atoms with Gasteiger partial charge < -0.3 is 84.6 Å². The molecule has 4 saturated carbocycles. The molecule has 1 spiro atoms. The van der Waals surface area contributed by atoms with Gasteiger partial charge in [-0.05, 0) is 86.5 Å². The van der Waals surface area contributed by atoms with E-state index in [0.29, 0.717) is 44.9 Å². The molecule has 7 rings (SSSR count). The normalized spacial score (nSPS) is 54.6. The Hall–Kier alpha value is -1.43. The average Bonchev–Trinajstić information content (AvgIpc) is 3.37. The Morgan fingerprint density at radius 3 is 1.82 bits per heavy atom. The van der Waals surface area contributed by atoms with Crippen molar-refractivity contribution in [2.24, 2.45) is 28.1 Å². The van der Waals surface area contributed by atoms with Gasteiger partial charge in [0.25, 0.3) is 0 Å². The first kappa shape index (κ1) is 42.7. The van der Waals surface area contributed by atoms with Crippen LogP contribution in [-0.4, -0.2) is 180 Å². The van der Waals surface area contributed by atoms with Gasteiger partial charge in [0, 0.05) is 0 Å². The van der Waals surface area contributed by atoms with E-state index in [9.17, 15) is 61.0 Å². The maximum absolute atomic E-state index is 14.1. The van der Waals surface area contributed by atoms with Gasteiger partial charge in [-0.1, -0.05) is 19.9 Å². The van der Waals surface area contributed by atoms with Crippen molar-refractivity contribution in [3.63, 3.8) is 0 Å². The highest BCUT2D eigenvalue weighted by atomic mass is 16.8. The molecule has 10 unspecified atom stereocenters. The molecule has 7 aliphatic rings. The minimum Gasteiger partial charge on any atom is -0.432 e. The zero-order valence-electron chi connectivity index (χ0n) is 31.8. The quantitative estimate of drug-likeness (QED) is 0.0631. The van der Waals surface area contributed by atoms with E-state index in [1.807, 2.05) is 6.92 Å². The number of fused-ring (bicyclic) bond motifs is 3. The van der Waals surface area contributed by atoms with Gasteiger partial charge in [-0.2, -0.15) is 0 Å². The zero-order valence-corrected chi connectivity index (χ0v) is 31.8. The summed E-state index contributed by atoms with van der Waals surface area (Å²) in [6, 6.07) is 0. The predicted molar refractivity (Wildman–Crippen MR) is 186 cm³/mol. The maximum atomic E-state index is 14.1. The number of hydrogen-bond donors (Lipinski definition) is 11. The molecule has 3 aliphatic heterocycles. The highest BCUT2D eigenvalue weighted by molar-refractivity contribution is 5.77. The van der Waals surface area contributed by atoms with Crippen molar-refractivity contribution >= 4 is 5.97 Å². The highest BCUT2D eigenvalue weighted by Crippen LogP contribution is 2.73. The number of hydrogen-bond acceptors (Lipinski definition) is 18. The van der Waals surface area contributed by atoms with E-state index in [4.69, 9.17) is 28.4 Å². The largest absolute Gasteiger partial charge is 0.432 e. The number of rotatable bonds is 9. The molecule has 3 heterocycles. The summed E-state index contributed by atoms with van der Waals surface area (Å²) in [6.45, 7) is 6.52. The molecular weight excluding hydrogens is 744 g/mol. The van der Waals surface area contributed by atoms with Crippen molar-refractivity contribution in [3.8, 4) is 0 Å². The van der Waals surface area contributed by atoms with Crippen LogP contribution in [0.4, 0.5) is 0 Å². The van der Waals surface area contributed by atoms with Crippen molar-refractivity contribution in [1.82, 2.24) is 0 Å². The number of aliphatic hydroxyl groups is 11. The number of carbonyl (C=O) groups excluding carboxylic acids is 1. The number of esters is 1. The molecule has 0 aromatic rings. The van der Waals surface area contributed by atoms with E-state index in [-0.39, 0.29) is 22.7 Å².